The summed E-state index contributed by atoms with van der Waals surface area (Å²) < 4.78 is 27.6. The molecule has 2 nitrogen and oxygen atoms in total. The number of nitrogens with zero attached hydrogens (tertiary/aromatic N) is 2. The van der Waals surface area contributed by atoms with E-state index in [2.05, 4.69) is 22.0 Å². The van der Waals surface area contributed by atoms with E-state index in [0.717, 1.165) is 12.8 Å². The molecule has 20 heavy (non-hydrogen) atoms. The number of nitriles is 1. The summed E-state index contributed by atoms with van der Waals surface area (Å²) in [5.74, 6) is -1.06. The van der Waals surface area contributed by atoms with Crippen LogP contribution in [0.25, 0.3) is 0 Å². The van der Waals surface area contributed by atoms with Gasteiger partial charge in [0.15, 0.2) is 0 Å². The lowest BCUT2D eigenvalue weighted by molar-refractivity contribution is 0.204. The Morgan fingerprint density at radius 2 is 2.05 bits per heavy atom. The number of hydrogen-bond acceptors (Lipinski definition) is 3. The average Bonchev–Trinajstić information content (AvgIpc) is 2.48. The Balaban J connectivity index is 2.07. The molecular weight excluding hydrogens is 346 g/mol. The zero-order chi connectivity index (χ0) is 14.8. The van der Waals surface area contributed by atoms with Gasteiger partial charge in [0.25, 0.3) is 0 Å². The van der Waals surface area contributed by atoms with Crippen molar-refractivity contribution in [2.45, 2.75) is 24.1 Å². The first-order chi connectivity index (χ1) is 9.51. The van der Waals surface area contributed by atoms with Crippen LogP contribution in [-0.4, -0.2) is 29.0 Å². The van der Waals surface area contributed by atoms with Crippen LogP contribution in [0.2, 0.25) is 0 Å². The Morgan fingerprint density at radius 3 is 2.60 bits per heavy atom. The molecule has 0 amide bonds. The van der Waals surface area contributed by atoms with Crippen LogP contribution < -0.4 is 0 Å². The molecule has 0 radical (unpaired) electrons. The van der Waals surface area contributed by atoms with Crippen molar-refractivity contribution in [1.29, 1.82) is 5.26 Å². The molecule has 0 N–H and O–H groups in total. The maximum Gasteiger partial charge on any atom is 0.144 e. The van der Waals surface area contributed by atoms with Gasteiger partial charge in [-0.25, -0.2) is 8.78 Å². The van der Waals surface area contributed by atoms with Crippen molar-refractivity contribution in [1.82, 2.24) is 4.90 Å². The Hall–Kier alpha value is -0.640. The number of likely N-dealkylation sites (tertiary alicyclic amines) is 1. The fourth-order valence-electron chi connectivity index (χ4n) is 2.37. The number of halogens is 3. The number of piperidine rings is 1. The summed E-state index contributed by atoms with van der Waals surface area (Å²) >= 11 is 4.65. The highest BCUT2D eigenvalue weighted by Crippen LogP contribution is 2.34. The van der Waals surface area contributed by atoms with Crippen molar-refractivity contribution in [2.75, 3.05) is 19.3 Å². The summed E-state index contributed by atoms with van der Waals surface area (Å²) in [6.07, 6.45) is 3.39. The SMILES string of the molecule is CSC1(C#N)CCN(Cc2c(F)ccc(Br)c2F)CC1. The van der Waals surface area contributed by atoms with Crippen LogP contribution in [0.5, 0.6) is 0 Å². The van der Waals surface area contributed by atoms with E-state index in [4.69, 9.17) is 0 Å². The van der Waals surface area contributed by atoms with Gasteiger partial charge >= 0.3 is 0 Å². The molecule has 0 saturated carbocycles. The quantitative estimate of drug-likeness (QED) is 0.763. The van der Waals surface area contributed by atoms with Crippen LogP contribution in [0.1, 0.15) is 18.4 Å². The Bertz CT molecular complexity index is 537. The van der Waals surface area contributed by atoms with Crippen molar-refractivity contribution in [3.63, 3.8) is 0 Å². The smallest absolute Gasteiger partial charge is 0.144 e. The summed E-state index contributed by atoms with van der Waals surface area (Å²) in [4.78, 5) is 2.00. The molecule has 0 aromatic heterocycles. The largest absolute Gasteiger partial charge is 0.299 e. The molecular formula is C14H15BrF2N2S. The van der Waals surface area contributed by atoms with E-state index in [9.17, 15) is 14.0 Å². The molecule has 0 spiro atoms. The molecule has 6 heteroatoms. The zero-order valence-corrected chi connectivity index (χ0v) is 13.5. The standard InChI is InChI=1S/C14H15BrF2N2S/c1-20-14(9-18)4-6-19(7-5-14)8-10-12(16)3-2-11(15)13(10)17/h2-3H,4-8H2,1H3. The van der Waals surface area contributed by atoms with Crippen molar-refractivity contribution in [3.05, 3.63) is 33.8 Å². The van der Waals surface area contributed by atoms with Gasteiger partial charge in [-0.1, -0.05) is 0 Å². The summed E-state index contributed by atoms with van der Waals surface area (Å²) in [6.45, 7) is 1.60. The summed E-state index contributed by atoms with van der Waals surface area (Å²) in [5, 5.41) is 9.23. The van der Waals surface area contributed by atoms with E-state index >= 15 is 0 Å². The molecule has 108 valence electrons. The molecule has 1 fully saturated rings. The van der Waals surface area contributed by atoms with Gasteiger partial charge in [0.1, 0.15) is 16.4 Å². The van der Waals surface area contributed by atoms with Crippen molar-refractivity contribution in [2.24, 2.45) is 0 Å². The zero-order valence-electron chi connectivity index (χ0n) is 11.1. The van der Waals surface area contributed by atoms with Gasteiger partial charge in [0.05, 0.1) is 10.5 Å². The first-order valence-corrected chi connectivity index (χ1v) is 8.34. The van der Waals surface area contributed by atoms with Crippen molar-refractivity contribution >= 4 is 27.7 Å². The number of thioether (sulfide) groups is 1. The van der Waals surface area contributed by atoms with E-state index in [1.807, 2.05) is 11.2 Å². The van der Waals surface area contributed by atoms with Crippen molar-refractivity contribution < 1.29 is 8.78 Å². The van der Waals surface area contributed by atoms with E-state index < -0.39 is 11.6 Å². The third-order valence-electron chi connectivity index (χ3n) is 3.78. The molecule has 1 aromatic carbocycles. The van der Waals surface area contributed by atoms with Crippen LogP contribution in [-0.2, 0) is 6.54 Å². The highest BCUT2D eigenvalue weighted by Gasteiger charge is 2.34. The molecule has 1 aliphatic heterocycles. The third kappa shape index (κ3) is 3.16. The second-order valence-electron chi connectivity index (χ2n) is 4.91. The molecule has 0 bridgehead atoms. The van der Waals surface area contributed by atoms with Gasteiger partial charge in [0, 0.05) is 25.2 Å². The van der Waals surface area contributed by atoms with E-state index in [1.54, 1.807) is 11.8 Å². The van der Waals surface area contributed by atoms with E-state index in [-0.39, 0.29) is 21.3 Å². The molecule has 0 aliphatic carbocycles. The fourth-order valence-corrected chi connectivity index (χ4v) is 3.43. The predicted octanol–water partition coefficient (Wildman–Crippen LogP) is 3.95. The summed E-state index contributed by atoms with van der Waals surface area (Å²) in [7, 11) is 0. The Labute approximate surface area is 130 Å². The van der Waals surface area contributed by atoms with E-state index in [1.165, 1.54) is 12.1 Å². The number of benzene rings is 1. The number of rotatable bonds is 3. The van der Waals surface area contributed by atoms with E-state index in [0.29, 0.717) is 13.1 Å². The van der Waals surface area contributed by atoms with Crippen LogP contribution in [0.4, 0.5) is 8.78 Å². The van der Waals surface area contributed by atoms with Gasteiger partial charge < -0.3 is 0 Å². The maximum atomic E-state index is 13.9. The molecule has 1 saturated heterocycles. The lowest BCUT2D eigenvalue weighted by Gasteiger charge is -2.36. The first kappa shape index (κ1) is 15.7. The predicted molar refractivity (Wildman–Crippen MR) is 80.4 cm³/mol. The maximum absolute atomic E-state index is 13.9. The minimum Gasteiger partial charge on any atom is -0.299 e. The topological polar surface area (TPSA) is 27.0 Å². The minimum absolute atomic E-state index is 0.0907. The van der Waals surface area contributed by atoms with Gasteiger partial charge in [-0.3, -0.25) is 4.90 Å². The fraction of sp³-hybridized carbons (Fsp3) is 0.500. The van der Waals surface area contributed by atoms with Crippen LogP contribution in [0, 0.1) is 23.0 Å². The summed E-state index contributed by atoms with van der Waals surface area (Å²) in [6, 6.07) is 5.01. The monoisotopic (exact) mass is 360 g/mol. The van der Waals surface area contributed by atoms with Gasteiger partial charge in [0.2, 0.25) is 0 Å². The Morgan fingerprint density at radius 1 is 1.40 bits per heavy atom. The van der Waals surface area contributed by atoms with Crippen LogP contribution in [0.3, 0.4) is 0 Å². The molecule has 1 aromatic rings. The van der Waals surface area contributed by atoms with Crippen LogP contribution >= 0.6 is 27.7 Å². The third-order valence-corrected chi connectivity index (χ3v) is 5.67. The lowest BCUT2D eigenvalue weighted by Crippen LogP contribution is -2.41. The normalized spacial score (nSPS) is 18.8. The second kappa shape index (κ2) is 6.42. The first-order valence-electron chi connectivity index (χ1n) is 6.32. The van der Waals surface area contributed by atoms with Crippen molar-refractivity contribution in [3.8, 4) is 6.07 Å². The highest BCUT2D eigenvalue weighted by molar-refractivity contribution is 9.10. The molecule has 1 heterocycles. The van der Waals surface area contributed by atoms with Gasteiger partial charge in [-0.15, -0.1) is 11.8 Å². The van der Waals surface area contributed by atoms with Gasteiger partial charge in [-0.2, -0.15) is 5.26 Å². The summed E-state index contributed by atoms with van der Waals surface area (Å²) in [5.41, 5.74) is 0.0907. The number of hydrogen-bond donors (Lipinski definition) is 0. The molecule has 2 rings (SSSR count). The second-order valence-corrected chi connectivity index (χ2v) is 6.95. The molecule has 0 atom stereocenters. The average molecular weight is 361 g/mol. The minimum atomic E-state index is -0.535. The highest BCUT2D eigenvalue weighted by atomic mass is 79.9. The molecule has 1 aliphatic rings. The molecule has 0 unspecified atom stereocenters. The Kier molecular flexibility index (Phi) is 5.05. The van der Waals surface area contributed by atoms with Crippen LogP contribution in [0.15, 0.2) is 16.6 Å². The lowest BCUT2D eigenvalue weighted by atomic mass is 9.97. The van der Waals surface area contributed by atoms with Gasteiger partial charge in [-0.05, 0) is 47.2 Å².